The van der Waals surface area contributed by atoms with Crippen LogP contribution in [0.3, 0.4) is 0 Å². The van der Waals surface area contributed by atoms with Crippen LogP contribution in [0.4, 0.5) is 5.69 Å². The van der Waals surface area contributed by atoms with Crippen molar-refractivity contribution >= 4 is 11.5 Å². The number of aliphatic imine (C=N–C) groups is 1. The smallest absolute Gasteiger partial charge is 0.131 e. The van der Waals surface area contributed by atoms with E-state index in [-0.39, 0.29) is 0 Å². The summed E-state index contributed by atoms with van der Waals surface area (Å²) in [5, 5.41) is 0. The molecule has 2 aromatic carbocycles. The van der Waals surface area contributed by atoms with Crippen molar-refractivity contribution in [1.82, 2.24) is 0 Å². The average Bonchev–Trinajstić information content (AvgIpc) is 2.29. The Bertz CT molecular complexity index is 556. The van der Waals surface area contributed by atoms with Crippen LogP contribution in [-0.2, 0) is 0 Å². The molecular weight excluding hydrogens is 208 g/mol. The minimum Gasteiger partial charge on any atom is -0.383 e. The highest BCUT2D eigenvalue weighted by molar-refractivity contribution is 5.99. The number of rotatable bonds is 2. The Hall–Kier alpha value is -2.09. The van der Waals surface area contributed by atoms with Gasteiger partial charge in [-0.3, -0.25) is 0 Å². The molecule has 2 N–H and O–H groups in total. The fourth-order valence-corrected chi connectivity index (χ4v) is 1.71. The zero-order valence-corrected chi connectivity index (χ0v) is 10.1. The van der Waals surface area contributed by atoms with E-state index in [1.165, 1.54) is 11.1 Å². The molecule has 2 nitrogen and oxygen atoms in total. The summed E-state index contributed by atoms with van der Waals surface area (Å²) in [5.74, 6) is 0.555. The molecular formula is C15H16N2. The molecule has 0 unspecified atom stereocenters. The van der Waals surface area contributed by atoms with E-state index < -0.39 is 0 Å². The van der Waals surface area contributed by atoms with Gasteiger partial charge in [0.05, 0.1) is 5.69 Å². The van der Waals surface area contributed by atoms with Crippen molar-refractivity contribution in [1.29, 1.82) is 0 Å². The quantitative estimate of drug-likeness (QED) is 0.616. The van der Waals surface area contributed by atoms with Gasteiger partial charge in [-0.05, 0) is 37.6 Å². The van der Waals surface area contributed by atoms with E-state index in [0.717, 1.165) is 11.3 Å². The van der Waals surface area contributed by atoms with Gasteiger partial charge in [0.2, 0.25) is 0 Å². The van der Waals surface area contributed by atoms with Crippen molar-refractivity contribution in [2.75, 3.05) is 0 Å². The fourth-order valence-electron chi connectivity index (χ4n) is 1.71. The summed E-state index contributed by atoms with van der Waals surface area (Å²) in [7, 11) is 0. The Kier molecular flexibility index (Phi) is 3.24. The number of amidine groups is 1. The first-order valence-corrected chi connectivity index (χ1v) is 5.63. The first-order valence-electron chi connectivity index (χ1n) is 5.63. The molecule has 17 heavy (non-hydrogen) atoms. The van der Waals surface area contributed by atoms with Crippen molar-refractivity contribution in [3.05, 3.63) is 65.2 Å². The maximum absolute atomic E-state index is 6.00. The van der Waals surface area contributed by atoms with Crippen LogP contribution in [0.15, 0.2) is 53.5 Å². The molecule has 0 amide bonds. The Labute approximate surface area is 102 Å². The highest BCUT2D eigenvalue weighted by atomic mass is 14.9. The molecule has 0 spiro atoms. The Morgan fingerprint density at radius 2 is 1.59 bits per heavy atom. The normalized spacial score (nSPS) is 11.5. The molecule has 2 heteroatoms. The molecule has 0 bridgehead atoms. The number of nitrogens with two attached hydrogens (primary N) is 1. The second-order valence-corrected chi connectivity index (χ2v) is 4.21. The molecule has 0 aliphatic rings. The van der Waals surface area contributed by atoms with Gasteiger partial charge in [0.1, 0.15) is 5.84 Å². The lowest BCUT2D eigenvalue weighted by Gasteiger charge is -2.03. The maximum atomic E-state index is 6.00. The van der Waals surface area contributed by atoms with Gasteiger partial charge < -0.3 is 5.73 Å². The minimum atomic E-state index is 0.555. The lowest BCUT2D eigenvalue weighted by atomic mass is 10.1. The topological polar surface area (TPSA) is 38.4 Å². The van der Waals surface area contributed by atoms with E-state index in [4.69, 9.17) is 5.73 Å². The molecule has 0 aliphatic carbocycles. The molecule has 0 radical (unpaired) electrons. The third-order valence-corrected chi connectivity index (χ3v) is 2.57. The van der Waals surface area contributed by atoms with Gasteiger partial charge in [-0.2, -0.15) is 0 Å². The van der Waals surface area contributed by atoms with E-state index in [9.17, 15) is 0 Å². The number of hydrogen-bond donors (Lipinski definition) is 1. The van der Waals surface area contributed by atoms with Crippen molar-refractivity contribution < 1.29 is 0 Å². The Morgan fingerprint density at radius 3 is 2.24 bits per heavy atom. The van der Waals surface area contributed by atoms with Gasteiger partial charge in [0.15, 0.2) is 0 Å². The third-order valence-electron chi connectivity index (χ3n) is 2.57. The summed E-state index contributed by atoms with van der Waals surface area (Å²) in [6, 6.07) is 16.0. The molecule has 86 valence electrons. The SMILES string of the molecule is Cc1cccc(N=C(N)c2cccc(C)c2)c1. The summed E-state index contributed by atoms with van der Waals surface area (Å²) >= 11 is 0. The lowest BCUT2D eigenvalue weighted by molar-refractivity contribution is 1.39. The fraction of sp³-hybridized carbons (Fsp3) is 0.133. The summed E-state index contributed by atoms with van der Waals surface area (Å²) in [5.41, 5.74) is 10.2. The van der Waals surface area contributed by atoms with Crippen molar-refractivity contribution in [2.45, 2.75) is 13.8 Å². The lowest BCUT2D eigenvalue weighted by Crippen LogP contribution is -2.12. The molecule has 0 aliphatic heterocycles. The summed E-state index contributed by atoms with van der Waals surface area (Å²) in [6.45, 7) is 4.09. The van der Waals surface area contributed by atoms with Crippen LogP contribution in [0.5, 0.6) is 0 Å². The monoisotopic (exact) mass is 224 g/mol. The first-order chi connectivity index (χ1) is 8.15. The van der Waals surface area contributed by atoms with Crippen LogP contribution >= 0.6 is 0 Å². The van der Waals surface area contributed by atoms with Crippen molar-refractivity contribution in [3.63, 3.8) is 0 Å². The molecule has 0 aromatic heterocycles. The Balaban J connectivity index is 2.34. The molecule has 0 fully saturated rings. The van der Waals surface area contributed by atoms with E-state index in [1.54, 1.807) is 0 Å². The van der Waals surface area contributed by atoms with Crippen LogP contribution in [0.1, 0.15) is 16.7 Å². The van der Waals surface area contributed by atoms with E-state index in [2.05, 4.69) is 4.99 Å². The van der Waals surface area contributed by atoms with Gasteiger partial charge in [0.25, 0.3) is 0 Å². The summed E-state index contributed by atoms with van der Waals surface area (Å²) in [4.78, 5) is 4.43. The summed E-state index contributed by atoms with van der Waals surface area (Å²) < 4.78 is 0. The van der Waals surface area contributed by atoms with Gasteiger partial charge in [-0.15, -0.1) is 0 Å². The average molecular weight is 224 g/mol. The first kappa shape index (κ1) is 11.4. The molecule has 0 atom stereocenters. The van der Waals surface area contributed by atoms with Crippen molar-refractivity contribution in [2.24, 2.45) is 10.7 Å². The van der Waals surface area contributed by atoms with Crippen LogP contribution in [0, 0.1) is 13.8 Å². The van der Waals surface area contributed by atoms with Crippen LogP contribution in [0.2, 0.25) is 0 Å². The number of aryl methyl sites for hydroxylation is 2. The second kappa shape index (κ2) is 4.83. The molecule has 0 heterocycles. The standard InChI is InChI=1S/C15H16N2/c1-11-5-3-7-13(9-11)15(16)17-14-8-4-6-12(2)10-14/h3-10H,1-2H3,(H2,16,17). The van der Waals surface area contributed by atoms with Gasteiger partial charge in [0, 0.05) is 5.56 Å². The molecule has 0 saturated carbocycles. The number of hydrogen-bond acceptors (Lipinski definition) is 1. The summed E-state index contributed by atoms with van der Waals surface area (Å²) in [6.07, 6.45) is 0. The highest BCUT2D eigenvalue weighted by Gasteiger charge is 1.99. The predicted molar refractivity (Wildman–Crippen MR) is 72.7 cm³/mol. The van der Waals surface area contributed by atoms with Gasteiger partial charge in [-0.1, -0.05) is 35.9 Å². The highest BCUT2D eigenvalue weighted by Crippen LogP contribution is 2.14. The minimum absolute atomic E-state index is 0.555. The second-order valence-electron chi connectivity index (χ2n) is 4.21. The van der Waals surface area contributed by atoms with E-state index >= 15 is 0 Å². The van der Waals surface area contributed by atoms with Gasteiger partial charge >= 0.3 is 0 Å². The molecule has 2 aromatic rings. The van der Waals surface area contributed by atoms with Crippen LogP contribution in [0.25, 0.3) is 0 Å². The van der Waals surface area contributed by atoms with Crippen molar-refractivity contribution in [3.8, 4) is 0 Å². The zero-order valence-electron chi connectivity index (χ0n) is 10.1. The molecule has 2 rings (SSSR count). The zero-order chi connectivity index (χ0) is 12.3. The third kappa shape index (κ3) is 2.94. The van der Waals surface area contributed by atoms with Crippen LogP contribution in [-0.4, -0.2) is 5.84 Å². The van der Waals surface area contributed by atoms with E-state index in [1.807, 2.05) is 62.4 Å². The van der Waals surface area contributed by atoms with Crippen LogP contribution < -0.4 is 5.73 Å². The van der Waals surface area contributed by atoms with E-state index in [0.29, 0.717) is 5.84 Å². The number of nitrogens with zero attached hydrogens (tertiary/aromatic N) is 1. The van der Waals surface area contributed by atoms with Gasteiger partial charge in [-0.25, -0.2) is 4.99 Å². The largest absolute Gasteiger partial charge is 0.383 e. The predicted octanol–water partition coefficient (Wildman–Crippen LogP) is 3.34. The maximum Gasteiger partial charge on any atom is 0.131 e. The number of benzene rings is 2. The molecule has 0 saturated heterocycles. The Morgan fingerprint density at radius 1 is 0.941 bits per heavy atom.